The van der Waals surface area contributed by atoms with Gasteiger partial charge in [0.05, 0.1) is 11.5 Å². The van der Waals surface area contributed by atoms with E-state index in [0.29, 0.717) is 17.6 Å². The van der Waals surface area contributed by atoms with E-state index in [2.05, 4.69) is 10.6 Å². The lowest BCUT2D eigenvalue weighted by Gasteiger charge is -2.14. The lowest BCUT2D eigenvalue weighted by atomic mass is 10.3. The van der Waals surface area contributed by atoms with Crippen molar-refractivity contribution in [2.75, 3.05) is 11.5 Å². The van der Waals surface area contributed by atoms with Crippen molar-refractivity contribution >= 4 is 27.2 Å². The normalized spacial score (nSPS) is 29.9. The number of thiocarbonyl (C=S) groups is 1. The average Bonchev–Trinajstić information content (AvgIpc) is 2.78. The Balaban J connectivity index is 1.77. The number of rotatable bonds is 2. The molecule has 80 valence electrons. The second-order valence-corrected chi connectivity index (χ2v) is 6.63. The molecule has 0 spiro atoms. The molecule has 1 atom stereocenters. The fourth-order valence-electron chi connectivity index (χ4n) is 1.55. The van der Waals surface area contributed by atoms with Gasteiger partial charge in [0.15, 0.2) is 14.9 Å². The first kappa shape index (κ1) is 10.2. The number of sulfone groups is 1. The van der Waals surface area contributed by atoms with E-state index in [0.717, 1.165) is 0 Å². The minimum Gasteiger partial charge on any atom is -0.360 e. The van der Waals surface area contributed by atoms with Gasteiger partial charge >= 0.3 is 0 Å². The summed E-state index contributed by atoms with van der Waals surface area (Å²) in [6, 6.07) is 0.534. The van der Waals surface area contributed by atoms with Crippen LogP contribution in [0.4, 0.5) is 0 Å². The molecule has 1 aliphatic heterocycles. The zero-order valence-electron chi connectivity index (χ0n) is 7.82. The Morgan fingerprint density at radius 3 is 2.29 bits per heavy atom. The summed E-state index contributed by atoms with van der Waals surface area (Å²) in [5.41, 5.74) is 0. The van der Waals surface area contributed by atoms with Gasteiger partial charge in [0, 0.05) is 12.1 Å². The van der Waals surface area contributed by atoms with Crippen LogP contribution in [-0.4, -0.2) is 37.1 Å². The zero-order valence-corrected chi connectivity index (χ0v) is 9.46. The molecule has 0 aromatic carbocycles. The van der Waals surface area contributed by atoms with Crippen molar-refractivity contribution in [2.45, 2.75) is 31.3 Å². The van der Waals surface area contributed by atoms with E-state index in [1.165, 1.54) is 12.8 Å². The smallest absolute Gasteiger partial charge is 0.166 e. The Morgan fingerprint density at radius 2 is 1.79 bits per heavy atom. The predicted molar refractivity (Wildman–Crippen MR) is 59.0 cm³/mol. The number of hydrogen-bond donors (Lipinski definition) is 2. The molecule has 1 heterocycles. The van der Waals surface area contributed by atoms with Crippen molar-refractivity contribution in [3.8, 4) is 0 Å². The van der Waals surface area contributed by atoms with Gasteiger partial charge in [-0.25, -0.2) is 8.42 Å². The maximum absolute atomic E-state index is 11.2. The molecule has 1 saturated carbocycles. The van der Waals surface area contributed by atoms with Crippen LogP contribution in [0, 0.1) is 0 Å². The summed E-state index contributed by atoms with van der Waals surface area (Å²) in [7, 11) is -2.80. The van der Waals surface area contributed by atoms with Gasteiger partial charge in [0.2, 0.25) is 0 Å². The van der Waals surface area contributed by atoms with Gasteiger partial charge in [-0.3, -0.25) is 0 Å². The fraction of sp³-hybridized carbons (Fsp3) is 0.875. The van der Waals surface area contributed by atoms with Crippen molar-refractivity contribution < 1.29 is 8.42 Å². The zero-order chi connectivity index (χ0) is 10.2. The molecule has 0 aromatic heterocycles. The van der Waals surface area contributed by atoms with Gasteiger partial charge in [-0.05, 0) is 31.5 Å². The highest BCUT2D eigenvalue weighted by molar-refractivity contribution is 7.91. The van der Waals surface area contributed by atoms with Crippen LogP contribution in [0.2, 0.25) is 0 Å². The molecule has 14 heavy (non-hydrogen) atoms. The van der Waals surface area contributed by atoms with Crippen LogP contribution >= 0.6 is 12.2 Å². The summed E-state index contributed by atoms with van der Waals surface area (Å²) in [5, 5.41) is 6.79. The molecular formula is C8H14N2O2S2. The second kappa shape index (κ2) is 3.66. The van der Waals surface area contributed by atoms with E-state index < -0.39 is 9.84 Å². The quantitative estimate of drug-likeness (QED) is 0.648. The maximum atomic E-state index is 11.2. The van der Waals surface area contributed by atoms with Gasteiger partial charge in [0.25, 0.3) is 0 Å². The Hall–Kier alpha value is -0.360. The third-order valence-corrected chi connectivity index (χ3v) is 4.48. The summed E-state index contributed by atoms with van der Waals surface area (Å²) >= 11 is 5.06. The molecule has 2 N–H and O–H groups in total. The van der Waals surface area contributed by atoms with Crippen molar-refractivity contribution in [3.63, 3.8) is 0 Å². The molecule has 1 saturated heterocycles. The van der Waals surface area contributed by atoms with Gasteiger partial charge in [-0.1, -0.05) is 0 Å². The molecule has 0 amide bonds. The lowest BCUT2D eigenvalue weighted by Crippen LogP contribution is -2.43. The minimum atomic E-state index is -2.80. The summed E-state index contributed by atoms with van der Waals surface area (Å²) in [4.78, 5) is 0. The molecule has 6 heteroatoms. The molecule has 2 rings (SSSR count). The van der Waals surface area contributed by atoms with E-state index in [9.17, 15) is 8.42 Å². The summed E-state index contributed by atoms with van der Waals surface area (Å²) in [5.74, 6) is 0.510. The van der Waals surface area contributed by atoms with Crippen LogP contribution in [-0.2, 0) is 9.84 Å². The average molecular weight is 234 g/mol. The van der Waals surface area contributed by atoms with Crippen LogP contribution in [0.3, 0.4) is 0 Å². The first-order valence-corrected chi connectivity index (χ1v) is 7.05. The maximum Gasteiger partial charge on any atom is 0.166 e. The Labute approximate surface area is 89.4 Å². The topological polar surface area (TPSA) is 58.2 Å². The van der Waals surface area contributed by atoms with Crippen LogP contribution in [0.15, 0.2) is 0 Å². The molecule has 1 unspecified atom stereocenters. The van der Waals surface area contributed by atoms with E-state index in [-0.39, 0.29) is 17.5 Å². The monoisotopic (exact) mass is 234 g/mol. The van der Waals surface area contributed by atoms with Crippen molar-refractivity contribution in [3.05, 3.63) is 0 Å². The highest BCUT2D eigenvalue weighted by Gasteiger charge is 2.29. The van der Waals surface area contributed by atoms with E-state index >= 15 is 0 Å². The van der Waals surface area contributed by atoms with Crippen LogP contribution < -0.4 is 10.6 Å². The molecule has 4 nitrogen and oxygen atoms in total. The fourth-order valence-corrected chi connectivity index (χ4v) is 3.56. The SMILES string of the molecule is O=S1(=O)CCC(NC(=S)NC2CC2)C1. The lowest BCUT2D eigenvalue weighted by molar-refractivity contribution is 0.600. The first-order chi connectivity index (χ1) is 6.55. The Bertz CT molecular complexity index is 335. The van der Waals surface area contributed by atoms with E-state index in [4.69, 9.17) is 12.2 Å². The molecular weight excluding hydrogens is 220 g/mol. The largest absolute Gasteiger partial charge is 0.360 e. The van der Waals surface area contributed by atoms with Crippen LogP contribution in [0.1, 0.15) is 19.3 Å². The Morgan fingerprint density at radius 1 is 1.14 bits per heavy atom. The summed E-state index contributed by atoms with van der Waals surface area (Å²) < 4.78 is 22.3. The highest BCUT2D eigenvalue weighted by Crippen LogP contribution is 2.18. The predicted octanol–water partition coefficient (Wildman–Crippen LogP) is -0.200. The highest BCUT2D eigenvalue weighted by atomic mass is 32.2. The first-order valence-electron chi connectivity index (χ1n) is 4.83. The standard InChI is InChI=1S/C8H14N2O2S2/c11-14(12)4-3-7(5-14)10-8(13)9-6-1-2-6/h6-7H,1-5H2,(H2,9,10,13). The van der Waals surface area contributed by atoms with Gasteiger partial charge in [-0.2, -0.15) is 0 Å². The van der Waals surface area contributed by atoms with Gasteiger partial charge < -0.3 is 10.6 Å². The van der Waals surface area contributed by atoms with Crippen molar-refractivity contribution in [1.29, 1.82) is 0 Å². The molecule has 1 aliphatic carbocycles. The van der Waals surface area contributed by atoms with Crippen LogP contribution in [0.25, 0.3) is 0 Å². The number of hydrogen-bond acceptors (Lipinski definition) is 3. The van der Waals surface area contributed by atoms with Gasteiger partial charge in [-0.15, -0.1) is 0 Å². The van der Waals surface area contributed by atoms with Crippen molar-refractivity contribution in [1.82, 2.24) is 10.6 Å². The number of nitrogens with one attached hydrogen (secondary N) is 2. The van der Waals surface area contributed by atoms with Gasteiger partial charge in [0.1, 0.15) is 0 Å². The molecule has 2 fully saturated rings. The van der Waals surface area contributed by atoms with Crippen molar-refractivity contribution in [2.24, 2.45) is 0 Å². The molecule has 0 aromatic rings. The molecule has 2 aliphatic rings. The third-order valence-electron chi connectivity index (χ3n) is 2.48. The Kier molecular flexibility index (Phi) is 2.66. The molecule has 0 bridgehead atoms. The van der Waals surface area contributed by atoms with E-state index in [1.807, 2.05) is 0 Å². The second-order valence-electron chi connectivity index (χ2n) is 3.99. The third kappa shape index (κ3) is 2.81. The summed E-state index contributed by atoms with van der Waals surface area (Å²) in [6.45, 7) is 0. The van der Waals surface area contributed by atoms with E-state index in [1.54, 1.807) is 0 Å². The van der Waals surface area contributed by atoms with Crippen LogP contribution in [0.5, 0.6) is 0 Å². The summed E-state index contributed by atoms with van der Waals surface area (Å²) in [6.07, 6.45) is 3.02. The molecule has 0 radical (unpaired) electrons. The minimum absolute atomic E-state index is 0.0127.